The Balaban J connectivity index is 0.00000264. The molecule has 0 aliphatic carbocycles. The highest BCUT2D eigenvalue weighted by Crippen LogP contribution is 2.20. The van der Waals surface area contributed by atoms with Crippen molar-refractivity contribution < 1.29 is 9.53 Å². The molecule has 0 bridgehead atoms. The monoisotopic (exact) mass is 334 g/mol. The van der Waals surface area contributed by atoms with Crippen molar-refractivity contribution in [1.29, 1.82) is 0 Å². The van der Waals surface area contributed by atoms with E-state index in [2.05, 4.69) is 0 Å². The number of hydrogen-bond acceptors (Lipinski definition) is 3. The van der Waals surface area contributed by atoms with Crippen LogP contribution in [0.5, 0.6) is 5.75 Å². The van der Waals surface area contributed by atoms with Gasteiger partial charge in [0.1, 0.15) is 5.75 Å². The second-order valence-electron chi connectivity index (χ2n) is 5.19. The molecule has 5 heteroatoms. The minimum atomic E-state index is -0.0346. The lowest BCUT2D eigenvalue weighted by Gasteiger charge is -2.22. The van der Waals surface area contributed by atoms with Gasteiger partial charge < -0.3 is 15.4 Å². The molecular formula is C18H23ClN2O2. The molecule has 2 aromatic carbocycles. The van der Waals surface area contributed by atoms with Crippen LogP contribution in [0.25, 0.3) is 0 Å². The second-order valence-corrected chi connectivity index (χ2v) is 5.19. The van der Waals surface area contributed by atoms with E-state index in [1.165, 1.54) is 0 Å². The van der Waals surface area contributed by atoms with E-state index in [1.54, 1.807) is 18.1 Å². The Labute approximate surface area is 143 Å². The van der Waals surface area contributed by atoms with Crippen LogP contribution in [0.3, 0.4) is 0 Å². The fraction of sp³-hybridized carbons (Fsp3) is 0.278. The van der Waals surface area contributed by atoms with Crippen LogP contribution in [0.4, 0.5) is 0 Å². The van der Waals surface area contributed by atoms with E-state index >= 15 is 0 Å². The number of methoxy groups -OCH3 is 1. The largest absolute Gasteiger partial charge is 0.496 e. The summed E-state index contributed by atoms with van der Waals surface area (Å²) in [6, 6.07) is 15.4. The Kier molecular flexibility index (Phi) is 7.59. The number of carbonyl (C=O) groups is 1. The third-order valence-corrected chi connectivity index (χ3v) is 3.56. The fourth-order valence-electron chi connectivity index (χ4n) is 2.35. The van der Waals surface area contributed by atoms with Crippen molar-refractivity contribution in [2.24, 2.45) is 5.73 Å². The lowest BCUT2D eigenvalue weighted by Crippen LogP contribution is -2.34. The molecule has 0 atom stereocenters. The van der Waals surface area contributed by atoms with Crippen molar-refractivity contribution in [3.63, 3.8) is 0 Å². The smallest absolute Gasteiger partial charge is 0.254 e. The highest BCUT2D eigenvalue weighted by Gasteiger charge is 2.16. The van der Waals surface area contributed by atoms with Crippen LogP contribution < -0.4 is 10.5 Å². The molecule has 0 aliphatic rings. The lowest BCUT2D eigenvalue weighted by molar-refractivity contribution is 0.0748. The summed E-state index contributed by atoms with van der Waals surface area (Å²) in [7, 11) is 1.61. The SMILES string of the molecule is COc1cc(C(=O)N(CCN)Cc2ccccc2)ccc1C.Cl. The maximum Gasteiger partial charge on any atom is 0.254 e. The molecule has 23 heavy (non-hydrogen) atoms. The van der Waals surface area contributed by atoms with Crippen molar-refractivity contribution in [2.75, 3.05) is 20.2 Å². The summed E-state index contributed by atoms with van der Waals surface area (Å²) < 4.78 is 5.30. The molecule has 0 fully saturated rings. The van der Waals surface area contributed by atoms with Crippen LogP contribution >= 0.6 is 12.4 Å². The molecule has 0 radical (unpaired) electrons. The van der Waals surface area contributed by atoms with Crippen molar-refractivity contribution >= 4 is 18.3 Å². The second kappa shape index (κ2) is 9.18. The molecule has 0 spiro atoms. The first kappa shape index (κ1) is 19.0. The number of hydrogen-bond donors (Lipinski definition) is 1. The van der Waals surface area contributed by atoms with Crippen molar-refractivity contribution in [3.8, 4) is 5.75 Å². The first-order chi connectivity index (χ1) is 10.7. The Hall–Kier alpha value is -2.04. The molecule has 2 aromatic rings. The molecule has 0 aromatic heterocycles. The van der Waals surface area contributed by atoms with Gasteiger partial charge in [-0.3, -0.25) is 4.79 Å². The van der Waals surface area contributed by atoms with Gasteiger partial charge in [-0.1, -0.05) is 36.4 Å². The molecule has 0 heterocycles. The summed E-state index contributed by atoms with van der Waals surface area (Å²) in [6.45, 7) is 3.45. The number of aryl methyl sites for hydroxylation is 1. The van der Waals surface area contributed by atoms with Gasteiger partial charge in [-0.15, -0.1) is 12.4 Å². The van der Waals surface area contributed by atoms with E-state index in [0.29, 0.717) is 25.2 Å². The van der Waals surface area contributed by atoms with E-state index in [4.69, 9.17) is 10.5 Å². The van der Waals surface area contributed by atoms with E-state index in [-0.39, 0.29) is 18.3 Å². The zero-order chi connectivity index (χ0) is 15.9. The maximum absolute atomic E-state index is 12.7. The number of amides is 1. The van der Waals surface area contributed by atoms with E-state index in [0.717, 1.165) is 16.9 Å². The maximum atomic E-state index is 12.7. The predicted octanol–water partition coefficient (Wildman–Crippen LogP) is 3.03. The average Bonchev–Trinajstić information content (AvgIpc) is 2.55. The molecule has 0 saturated carbocycles. The third kappa shape index (κ3) is 4.98. The average molecular weight is 335 g/mol. The summed E-state index contributed by atoms with van der Waals surface area (Å²) in [5.74, 6) is 0.686. The number of rotatable bonds is 6. The molecular weight excluding hydrogens is 312 g/mol. The Morgan fingerprint density at radius 3 is 2.48 bits per heavy atom. The third-order valence-electron chi connectivity index (χ3n) is 3.56. The highest BCUT2D eigenvalue weighted by molar-refractivity contribution is 5.94. The van der Waals surface area contributed by atoms with E-state index in [1.807, 2.05) is 49.4 Å². The van der Waals surface area contributed by atoms with Crippen LogP contribution in [-0.4, -0.2) is 31.0 Å². The van der Waals surface area contributed by atoms with Crippen molar-refractivity contribution in [2.45, 2.75) is 13.5 Å². The summed E-state index contributed by atoms with van der Waals surface area (Å²) in [6.07, 6.45) is 0. The van der Waals surface area contributed by atoms with Crippen molar-refractivity contribution in [1.82, 2.24) is 4.90 Å². The Morgan fingerprint density at radius 1 is 1.17 bits per heavy atom. The van der Waals surface area contributed by atoms with Crippen molar-refractivity contribution in [3.05, 3.63) is 65.2 Å². The van der Waals surface area contributed by atoms with Gasteiger partial charge in [0.05, 0.1) is 7.11 Å². The van der Waals surface area contributed by atoms with Gasteiger partial charge in [-0.05, 0) is 30.2 Å². The molecule has 0 unspecified atom stereocenters. The fourth-order valence-corrected chi connectivity index (χ4v) is 2.35. The molecule has 0 saturated heterocycles. The number of carbonyl (C=O) groups excluding carboxylic acids is 1. The van der Waals surface area contributed by atoms with Crippen LogP contribution in [0.2, 0.25) is 0 Å². The lowest BCUT2D eigenvalue weighted by atomic mass is 10.1. The number of ether oxygens (including phenoxy) is 1. The van der Waals surface area contributed by atoms with Crippen LogP contribution in [0.15, 0.2) is 48.5 Å². The number of halogens is 1. The Morgan fingerprint density at radius 2 is 1.87 bits per heavy atom. The summed E-state index contributed by atoms with van der Waals surface area (Å²) in [4.78, 5) is 14.5. The van der Waals surface area contributed by atoms with Gasteiger partial charge in [0.25, 0.3) is 5.91 Å². The van der Waals surface area contributed by atoms with E-state index in [9.17, 15) is 4.79 Å². The van der Waals surface area contributed by atoms with Crippen LogP contribution in [0.1, 0.15) is 21.5 Å². The normalized spacial score (nSPS) is 9.87. The number of nitrogens with two attached hydrogens (primary N) is 1. The summed E-state index contributed by atoms with van der Waals surface area (Å²) >= 11 is 0. The van der Waals surface area contributed by atoms with Gasteiger partial charge in [0.2, 0.25) is 0 Å². The van der Waals surface area contributed by atoms with Gasteiger partial charge in [0.15, 0.2) is 0 Å². The minimum Gasteiger partial charge on any atom is -0.496 e. The first-order valence-corrected chi connectivity index (χ1v) is 7.33. The zero-order valence-corrected chi connectivity index (χ0v) is 14.3. The van der Waals surface area contributed by atoms with Gasteiger partial charge in [-0.25, -0.2) is 0 Å². The Bertz CT molecular complexity index is 632. The molecule has 1 amide bonds. The number of benzene rings is 2. The number of nitrogens with zero attached hydrogens (tertiary/aromatic N) is 1. The molecule has 2 N–H and O–H groups in total. The molecule has 0 aliphatic heterocycles. The first-order valence-electron chi connectivity index (χ1n) is 7.33. The van der Waals surface area contributed by atoms with Crippen LogP contribution in [0, 0.1) is 6.92 Å². The predicted molar refractivity (Wildman–Crippen MR) is 95.2 cm³/mol. The molecule has 2 rings (SSSR count). The highest BCUT2D eigenvalue weighted by atomic mass is 35.5. The van der Waals surface area contributed by atoms with E-state index < -0.39 is 0 Å². The zero-order valence-electron chi connectivity index (χ0n) is 13.5. The topological polar surface area (TPSA) is 55.6 Å². The van der Waals surface area contributed by atoms with Gasteiger partial charge in [-0.2, -0.15) is 0 Å². The molecule has 124 valence electrons. The van der Waals surface area contributed by atoms with Crippen LogP contribution in [-0.2, 0) is 6.54 Å². The quantitative estimate of drug-likeness (QED) is 0.883. The standard InChI is InChI=1S/C18H22N2O2.ClH/c1-14-8-9-16(12-17(14)22-2)18(21)20(11-10-19)13-15-6-4-3-5-7-15;/h3-9,12H,10-11,13,19H2,1-2H3;1H. The summed E-state index contributed by atoms with van der Waals surface area (Å²) in [5, 5.41) is 0. The summed E-state index contributed by atoms with van der Waals surface area (Å²) in [5.41, 5.74) is 8.37. The van der Waals surface area contributed by atoms with Gasteiger partial charge >= 0.3 is 0 Å². The molecule has 4 nitrogen and oxygen atoms in total. The minimum absolute atomic E-state index is 0. The van der Waals surface area contributed by atoms with Gasteiger partial charge in [0, 0.05) is 25.2 Å².